The lowest BCUT2D eigenvalue weighted by Crippen LogP contribution is -2.60. The number of aromatic hydroxyl groups is 2. The van der Waals surface area contributed by atoms with E-state index in [1.165, 1.54) is 25.3 Å². The van der Waals surface area contributed by atoms with E-state index in [9.17, 15) is 30.6 Å². The van der Waals surface area contributed by atoms with Gasteiger partial charge in [0, 0.05) is 6.07 Å². The van der Waals surface area contributed by atoms with Gasteiger partial charge in [0.1, 0.15) is 35.9 Å². The van der Waals surface area contributed by atoms with E-state index in [2.05, 4.69) is 0 Å². The summed E-state index contributed by atoms with van der Waals surface area (Å²) in [6.45, 7) is -0.574. The zero-order valence-corrected chi connectivity index (χ0v) is 16.1. The first-order valence-corrected chi connectivity index (χ1v) is 9.18. The van der Waals surface area contributed by atoms with Crippen LogP contribution in [0.5, 0.6) is 23.0 Å². The van der Waals surface area contributed by atoms with Crippen LogP contribution in [0.4, 0.5) is 0 Å². The third kappa shape index (κ3) is 4.84. The zero-order valence-electron chi connectivity index (χ0n) is 16.1. The Morgan fingerprint density at radius 3 is 2.37 bits per heavy atom. The second-order valence-electron chi connectivity index (χ2n) is 6.84. The summed E-state index contributed by atoms with van der Waals surface area (Å²) in [7, 11) is 1.44. The van der Waals surface area contributed by atoms with Crippen molar-refractivity contribution in [3.05, 3.63) is 47.5 Å². The Bertz CT molecular complexity index is 896. The fourth-order valence-corrected chi connectivity index (χ4v) is 3.06. The van der Waals surface area contributed by atoms with Crippen molar-refractivity contribution in [2.45, 2.75) is 30.7 Å². The van der Waals surface area contributed by atoms with Crippen molar-refractivity contribution in [2.24, 2.45) is 0 Å². The lowest BCUT2D eigenvalue weighted by molar-refractivity contribution is -0.277. The molecule has 9 nitrogen and oxygen atoms in total. The average Bonchev–Trinajstić information content (AvgIpc) is 2.73. The normalized spacial score (nSPS) is 26.6. The minimum Gasteiger partial charge on any atom is -0.508 e. The Kier molecular flexibility index (Phi) is 6.80. The van der Waals surface area contributed by atoms with E-state index >= 15 is 0 Å². The van der Waals surface area contributed by atoms with E-state index in [4.69, 9.17) is 14.2 Å². The van der Waals surface area contributed by atoms with Gasteiger partial charge in [-0.3, -0.25) is 0 Å². The lowest BCUT2D eigenvalue weighted by Gasteiger charge is -2.39. The number of aliphatic hydroxyl groups excluding tert-OH is 4. The molecule has 1 aliphatic heterocycles. The fourth-order valence-electron chi connectivity index (χ4n) is 3.06. The Labute approximate surface area is 172 Å². The van der Waals surface area contributed by atoms with Crippen LogP contribution in [0.25, 0.3) is 12.2 Å². The first kappa shape index (κ1) is 21.9. The van der Waals surface area contributed by atoms with Crippen molar-refractivity contribution in [3.63, 3.8) is 0 Å². The van der Waals surface area contributed by atoms with Gasteiger partial charge in [-0.15, -0.1) is 0 Å². The molecule has 1 heterocycles. The molecule has 9 heteroatoms. The fraction of sp³-hybridized carbons (Fsp3) is 0.333. The van der Waals surface area contributed by atoms with Gasteiger partial charge in [0.05, 0.1) is 13.7 Å². The standard InChI is InChI=1S/C21H24O9/c1-28-16-8-11(4-5-15(16)24)2-3-12-6-13(23)9-14(7-12)29-21-20(27)19(26)18(25)17(10-22)30-21/h2-9,17-27H,10H2,1H3/b3-2+/t17-,18-,19+,20-,21-/m1/s1. The highest BCUT2D eigenvalue weighted by atomic mass is 16.7. The predicted octanol–water partition coefficient (Wildman–Crippen LogP) is 0.455. The van der Waals surface area contributed by atoms with Gasteiger partial charge in [0.15, 0.2) is 11.5 Å². The molecule has 1 aliphatic rings. The topological polar surface area (TPSA) is 149 Å². The van der Waals surface area contributed by atoms with Gasteiger partial charge in [-0.05, 0) is 35.4 Å². The highest BCUT2D eigenvalue weighted by Crippen LogP contribution is 2.30. The van der Waals surface area contributed by atoms with Crippen molar-refractivity contribution in [3.8, 4) is 23.0 Å². The summed E-state index contributed by atoms with van der Waals surface area (Å²) < 4.78 is 15.9. The van der Waals surface area contributed by atoms with Crippen LogP contribution in [0.3, 0.4) is 0 Å². The molecule has 162 valence electrons. The number of hydrogen-bond donors (Lipinski definition) is 6. The molecule has 5 atom stereocenters. The van der Waals surface area contributed by atoms with Gasteiger partial charge in [-0.1, -0.05) is 18.2 Å². The summed E-state index contributed by atoms with van der Waals surface area (Å²) in [5.41, 5.74) is 1.30. The first-order valence-electron chi connectivity index (χ1n) is 9.18. The summed E-state index contributed by atoms with van der Waals surface area (Å²) in [6, 6.07) is 9.16. The van der Waals surface area contributed by atoms with E-state index in [1.54, 1.807) is 30.4 Å². The molecule has 1 fully saturated rings. The van der Waals surface area contributed by atoms with E-state index in [0.29, 0.717) is 11.3 Å². The number of phenols is 2. The van der Waals surface area contributed by atoms with Crippen LogP contribution in [-0.4, -0.2) is 75.1 Å². The largest absolute Gasteiger partial charge is 0.508 e. The molecule has 0 saturated carbocycles. The van der Waals surface area contributed by atoms with Crippen LogP contribution in [-0.2, 0) is 4.74 Å². The first-order chi connectivity index (χ1) is 14.3. The summed E-state index contributed by atoms with van der Waals surface area (Å²) >= 11 is 0. The highest BCUT2D eigenvalue weighted by molar-refractivity contribution is 5.72. The second-order valence-corrected chi connectivity index (χ2v) is 6.84. The van der Waals surface area contributed by atoms with E-state index < -0.39 is 37.3 Å². The molecular formula is C21H24O9. The minimum absolute atomic E-state index is 0.0159. The molecule has 1 saturated heterocycles. The quantitative estimate of drug-likeness (QED) is 0.366. The number of ether oxygens (including phenoxy) is 3. The number of phenolic OH excluding ortho intramolecular Hbond substituents is 2. The van der Waals surface area contributed by atoms with Crippen molar-refractivity contribution in [2.75, 3.05) is 13.7 Å². The summed E-state index contributed by atoms with van der Waals surface area (Å²) in [5, 5.41) is 58.7. The highest BCUT2D eigenvalue weighted by Gasteiger charge is 2.44. The van der Waals surface area contributed by atoms with E-state index in [0.717, 1.165) is 5.56 Å². The molecule has 0 amide bonds. The Balaban J connectivity index is 1.78. The van der Waals surface area contributed by atoms with E-state index in [-0.39, 0.29) is 17.2 Å². The summed E-state index contributed by atoms with van der Waals surface area (Å²) in [5.74, 6) is 0.365. The van der Waals surface area contributed by atoms with E-state index in [1.807, 2.05) is 0 Å². The molecule has 0 bridgehead atoms. The smallest absolute Gasteiger partial charge is 0.229 e. The van der Waals surface area contributed by atoms with Crippen molar-refractivity contribution < 1.29 is 44.8 Å². The van der Waals surface area contributed by atoms with Crippen LogP contribution in [0.15, 0.2) is 36.4 Å². The van der Waals surface area contributed by atoms with Crippen LogP contribution in [0, 0.1) is 0 Å². The molecule has 0 radical (unpaired) electrons. The molecule has 2 aromatic carbocycles. The molecule has 0 aliphatic carbocycles. The molecule has 6 N–H and O–H groups in total. The van der Waals surface area contributed by atoms with Crippen LogP contribution < -0.4 is 9.47 Å². The SMILES string of the molecule is COc1cc(/C=C/c2cc(O)cc(O[C@@H]3O[C@H](CO)[C@@H](O)[C@H](O)[C@H]3O)c2)ccc1O. The molecule has 0 aromatic heterocycles. The Morgan fingerprint density at radius 1 is 0.933 bits per heavy atom. The van der Waals surface area contributed by atoms with Gasteiger partial charge < -0.3 is 44.8 Å². The molecule has 2 aromatic rings. The van der Waals surface area contributed by atoms with Gasteiger partial charge >= 0.3 is 0 Å². The Hall–Kier alpha value is -2.82. The number of hydrogen-bond acceptors (Lipinski definition) is 9. The maximum Gasteiger partial charge on any atom is 0.229 e. The number of rotatable bonds is 6. The minimum atomic E-state index is -1.57. The van der Waals surface area contributed by atoms with Gasteiger partial charge in [0.25, 0.3) is 0 Å². The van der Waals surface area contributed by atoms with Crippen LogP contribution >= 0.6 is 0 Å². The maximum absolute atomic E-state index is 10.1. The van der Waals surface area contributed by atoms with Crippen LogP contribution in [0.1, 0.15) is 11.1 Å². The number of methoxy groups -OCH3 is 1. The molecule has 30 heavy (non-hydrogen) atoms. The maximum atomic E-state index is 10.1. The molecule has 0 unspecified atom stereocenters. The van der Waals surface area contributed by atoms with Crippen molar-refractivity contribution in [1.29, 1.82) is 0 Å². The monoisotopic (exact) mass is 420 g/mol. The van der Waals surface area contributed by atoms with Crippen LogP contribution in [0.2, 0.25) is 0 Å². The number of benzene rings is 2. The van der Waals surface area contributed by atoms with Gasteiger partial charge in [-0.25, -0.2) is 0 Å². The lowest BCUT2D eigenvalue weighted by atomic mass is 9.99. The average molecular weight is 420 g/mol. The Morgan fingerprint density at radius 2 is 1.67 bits per heavy atom. The van der Waals surface area contributed by atoms with Gasteiger partial charge in [-0.2, -0.15) is 0 Å². The van der Waals surface area contributed by atoms with Gasteiger partial charge in [0.2, 0.25) is 6.29 Å². The number of aliphatic hydroxyl groups is 4. The summed E-state index contributed by atoms with van der Waals surface area (Å²) in [4.78, 5) is 0. The molecule has 3 rings (SSSR count). The molecular weight excluding hydrogens is 396 g/mol. The van der Waals surface area contributed by atoms with Crippen molar-refractivity contribution >= 4 is 12.2 Å². The van der Waals surface area contributed by atoms with Crippen molar-refractivity contribution in [1.82, 2.24) is 0 Å². The second kappa shape index (κ2) is 9.33. The zero-order chi connectivity index (χ0) is 21.8. The third-order valence-electron chi connectivity index (χ3n) is 4.69. The summed E-state index contributed by atoms with van der Waals surface area (Å²) in [6.07, 6.45) is -3.67. The third-order valence-corrected chi connectivity index (χ3v) is 4.69. The predicted molar refractivity (Wildman–Crippen MR) is 106 cm³/mol. The molecule has 0 spiro atoms.